The number of hydrogen-bond acceptors (Lipinski definition) is 3. The Kier molecular flexibility index (Phi) is 6.05. The minimum atomic E-state index is -3.55. The molecule has 5 heteroatoms. The van der Waals surface area contributed by atoms with E-state index in [-0.39, 0.29) is 11.4 Å². The molecule has 0 spiro atoms. The topological polar surface area (TPSA) is 55.4 Å². The number of benzene rings is 1. The highest BCUT2D eigenvalue weighted by atomic mass is 32.2. The molecular formula is C14H21NO3S. The molecule has 1 aromatic rings. The van der Waals surface area contributed by atoms with Crippen LogP contribution >= 0.6 is 0 Å². The van der Waals surface area contributed by atoms with E-state index in [1.54, 1.807) is 18.2 Å². The third-order valence-electron chi connectivity index (χ3n) is 2.56. The minimum absolute atomic E-state index is 0.177. The summed E-state index contributed by atoms with van der Waals surface area (Å²) in [6.07, 6.45) is 3.40. The van der Waals surface area contributed by atoms with Crippen molar-refractivity contribution < 1.29 is 13.2 Å². The van der Waals surface area contributed by atoms with Crippen molar-refractivity contribution >= 4 is 10.0 Å². The molecular weight excluding hydrogens is 262 g/mol. The lowest BCUT2D eigenvalue weighted by molar-refractivity contribution is 0.301. The van der Waals surface area contributed by atoms with Crippen LogP contribution in [-0.4, -0.2) is 21.6 Å². The van der Waals surface area contributed by atoms with Gasteiger partial charge in [-0.3, -0.25) is 0 Å². The summed E-state index contributed by atoms with van der Waals surface area (Å²) < 4.78 is 32.3. The lowest BCUT2D eigenvalue weighted by Crippen LogP contribution is -2.24. The third-order valence-corrected chi connectivity index (χ3v) is 4.02. The van der Waals surface area contributed by atoms with E-state index in [0.29, 0.717) is 12.4 Å². The number of ether oxygens (including phenoxy) is 1. The quantitative estimate of drug-likeness (QED) is 0.589. The van der Waals surface area contributed by atoms with Gasteiger partial charge in [0.1, 0.15) is 10.6 Å². The fourth-order valence-corrected chi connectivity index (χ4v) is 2.65. The molecule has 4 nitrogen and oxygen atoms in total. The van der Waals surface area contributed by atoms with Crippen LogP contribution in [0.5, 0.6) is 5.75 Å². The molecule has 0 saturated carbocycles. The van der Waals surface area contributed by atoms with Gasteiger partial charge in [0.25, 0.3) is 0 Å². The molecule has 0 saturated heterocycles. The Morgan fingerprint density at radius 1 is 1.42 bits per heavy atom. The van der Waals surface area contributed by atoms with Crippen LogP contribution in [0, 0.1) is 6.92 Å². The average Bonchev–Trinajstić information content (AvgIpc) is 2.36. The summed E-state index contributed by atoms with van der Waals surface area (Å²) in [6.45, 7) is 8.17. The maximum Gasteiger partial charge on any atom is 0.244 e. The van der Waals surface area contributed by atoms with E-state index in [9.17, 15) is 8.42 Å². The highest BCUT2D eigenvalue weighted by Gasteiger charge is 2.18. The van der Waals surface area contributed by atoms with Gasteiger partial charge < -0.3 is 4.74 Å². The summed E-state index contributed by atoms with van der Waals surface area (Å²) in [5.41, 5.74) is 0.967. The number of nitrogens with one attached hydrogen (secondary N) is 1. The van der Waals surface area contributed by atoms with Gasteiger partial charge in [0, 0.05) is 6.54 Å². The summed E-state index contributed by atoms with van der Waals surface area (Å²) in [4.78, 5) is 0.177. The Morgan fingerprint density at radius 2 is 2.16 bits per heavy atom. The van der Waals surface area contributed by atoms with Crippen molar-refractivity contribution in [2.75, 3.05) is 13.2 Å². The maximum absolute atomic E-state index is 12.1. The van der Waals surface area contributed by atoms with Gasteiger partial charge in [0.15, 0.2) is 0 Å². The van der Waals surface area contributed by atoms with Crippen molar-refractivity contribution in [1.82, 2.24) is 4.72 Å². The minimum Gasteiger partial charge on any atom is -0.492 e. The van der Waals surface area contributed by atoms with Crippen molar-refractivity contribution in [2.45, 2.75) is 31.6 Å². The molecule has 1 aromatic carbocycles. The van der Waals surface area contributed by atoms with Gasteiger partial charge in [-0.2, -0.15) is 0 Å². The van der Waals surface area contributed by atoms with Crippen LogP contribution in [0.4, 0.5) is 0 Å². The molecule has 19 heavy (non-hydrogen) atoms. The number of unbranched alkanes of at least 4 members (excludes halogenated alkanes) is 1. The predicted octanol–water partition coefficient (Wildman–Crippen LogP) is 2.64. The molecule has 1 N–H and O–H groups in total. The fraction of sp³-hybridized carbons (Fsp3) is 0.429. The second-order valence-corrected chi connectivity index (χ2v) is 6.03. The summed E-state index contributed by atoms with van der Waals surface area (Å²) in [5, 5.41) is 0. The second-order valence-electron chi connectivity index (χ2n) is 4.29. The van der Waals surface area contributed by atoms with Crippen molar-refractivity contribution in [2.24, 2.45) is 0 Å². The Hall–Kier alpha value is -1.33. The Bertz CT molecular complexity index is 523. The SMILES string of the molecule is C=CCNS(=O)(=O)c1ccc(C)cc1OCCCC. The summed E-state index contributed by atoms with van der Waals surface area (Å²) in [6, 6.07) is 5.08. The monoisotopic (exact) mass is 283 g/mol. The predicted molar refractivity (Wildman–Crippen MR) is 77.0 cm³/mol. The van der Waals surface area contributed by atoms with Crippen LogP contribution in [0.3, 0.4) is 0 Å². The van der Waals surface area contributed by atoms with Gasteiger partial charge in [-0.1, -0.05) is 25.5 Å². The second kappa shape index (κ2) is 7.31. The molecule has 0 aliphatic carbocycles. The van der Waals surface area contributed by atoms with Gasteiger partial charge in [-0.05, 0) is 31.0 Å². The lowest BCUT2D eigenvalue weighted by atomic mass is 10.2. The molecule has 0 unspecified atom stereocenters. The lowest BCUT2D eigenvalue weighted by Gasteiger charge is -2.12. The molecule has 0 heterocycles. The van der Waals surface area contributed by atoms with E-state index in [4.69, 9.17) is 4.74 Å². The van der Waals surface area contributed by atoms with Gasteiger partial charge in [0.05, 0.1) is 6.61 Å². The molecule has 0 bridgehead atoms. The zero-order valence-electron chi connectivity index (χ0n) is 11.5. The normalized spacial score (nSPS) is 11.3. The largest absolute Gasteiger partial charge is 0.492 e. The summed E-state index contributed by atoms with van der Waals surface area (Å²) in [7, 11) is -3.55. The first-order valence-corrected chi connectivity index (χ1v) is 7.83. The van der Waals surface area contributed by atoms with E-state index < -0.39 is 10.0 Å². The molecule has 0 aliphatic heterocycles. The highest BCUT2D eigenvalue weighted by molar-refractivity contribution is 7.89. The van der Waals surface area contributed by atoms with Crippen molar-refractivity contribution in [3.05, 3.63) is 36.4 Å². The van der Waals surface area contributed by atoms with E-state index >= 15 is 0 Å². The summed E-state index contributed by atoms with van der Waals surface area (Å²) in [5.74, 6) is 0.407. The first-order chi connectivity index (χ1) is 9.01. The van der Waals surface area contributed by atoms with Crippen molar-refractivity contribution in [3.63, 3.8) is 0 Å². The standard InChI is InChI=1S/C14H21NO3S/c1-4-6-10-18-13-11-12(3)7-8-14(13)19(16,17)15-9-5-2/h5,7-8,11,15H,2,4,6,9-10H2,1,3H3. The van der Waals surface area contributed by atoms with E-state index in [2.05, 4.69) is 18.2 Å². The number of aryl methyl sites for hydroxylation is 1. The smallest absolute Gasteiger partial charge is 0.244 e. The summed E-state index contributed by atoms with van der Waals surface area (Å²) >= 11 is 0. The van der Waals surface area contributed by atoms with Crippen LogP contribution in [0.1, 0.15) is 25.3 Å². The van der Waals surface area contributed by atoms with Gasteiger partial charge >= 0.3 is 0 Å². The maximum atomic E-state index is 12.1. The molecule has 0 atom stereocenters. The number of rotatable bonds is 8. The van der Waals surface area contributed by atoms with E-state index in [0.717, 1.165) is 18.4 Å². The van der Waals surface area contributed by atoms with Crippen molar-refractivity contribution in [3.8, 4) is 5.75 Å². The third kappa shape index (κ3) is 4.69. The highest BCUT2D eigenvalue weighted by Crippen LogP contribution is 2.25. The van der Waals surface area contributed by atoms with E-state index in [1.165, 1.54) is 6.08 Å². The number of sulfonamides is 1. The molecule has 0 amide bonds. The first-order valence-electron chi connectivity index (χ1n) is 6.35. The van der Waals surface area contributed by atoms with Crippen LogP contribution in [0.15, 0.2) is 35.7 Å². The van der Waals surface area contributed by atoms with E-state index in [1.807, 2.05) is 6.92 Å². The Labute approximate surface area is 115 Å². The Morgan fingerprint density at radius 3 is 2.79 bits per heavy atom. The molecule has 1 rings (SSSR count). The van der Waals surface area contributed by atoms with Crippen LogP contribution < -0.4 is 9.46 Å². The Balaban J connectivity index is 3.01. The van der Waals surface area contributed by atoms with Crippen LogP contribution in [-0.2, 0) is 10.0 Å². The fourth-order valence-electron chi connectivity index (χ4n) is 1.52. The zero-order chi connectivity index (χ0) is 14.3. The average molecular weight is 283 g/mol. The van der Waals surface area contributed by atoms with Gasteiger partial charge in [0.2, 0.25) is 10.0 Å². The van der Waals surface area contributed by atoms with Gasteiger partial charge in [-0.15, -0.1) is 6.58 Å². The molecule has 106 valence electrons. The van der Waals surface area contributed by atoms with Gasteiger partial charge in [-0.25, -0.2) is 13.1 Å². The van der Waals surface area contributed by atoms with Crippen LogP contribution in [0.2, 0.25) is 0 Å². The molecule has 0 aliphatic rings. The molecule has 0 fully saturated rings. The molecule has 0 radical (unpaired) electrons. The first kappa shape index (κ1) is 15.7. The number of hydrogen-bond donors (Lipinski definition) is 1. The molecule has 0 aromatic heterocycles. The zero-order valence-corrected chi connectivity index (χ0v) is 12.3. The van der Waals surface area contributed by atoms with Crippen molar-refractivity contribution in [1.29, 1.82) is 0 Å². The van der Waals surface area contributed by atoms with Crippen LogP contribution in [0.25, 0.3) is 0 Å².